The molecule has 51 heavy (non-hydrogen) atoms. The van der Waals surface area contributed by atoms with Crippen LogP contribution in [0.2, 0.25) is 10.0 Å². The standard InChI is InChI=1S/C34H41Cl2N9O6/c1-20(2)15-26-32(48)37-10-13-43(34(50)27-19-44-17-23(35)6-8-29(44)38-27)12-9-24-18-45(42-41-24)11-4-14-51-28-7-5-22(16-25(28)36)31(47)40-30(21(3)46)33(49)39-26/h5-8,16-21,26,30,46H,4,9-15H2,1-3H3,(H,37,48)(H,39,49)(H,40,47)/t21-,26-,30+/m1/s1. The first-order chi connectivity index (χ1) is 24.4. The summed E-state index contributed by atoms with van der Waals surface area (Å²) in [6.45, 7) is 6.41. The monoisotopic (exact) mass is 741 g/mol. The van der Waals surface area contributed by atoms with Crippen molar-refractivity contribution >= 4 is 52.5 Å². The lowest BCUT2D eigenvalue weighted by atomic mass is 10.0. The third-order valence-corrected chi connectivity index (χ3v) is 8.72. The highest BCUT2D eigenvalue weighted by atomic mass is 35.5. The fourth-order valence-electron chi connectivity index (χ4n) is 5.56. The maximum absolute atomic E-state index is 13.8. The molecule has 4 amide bonds. The van der Waals surface area contributed by atoms with E-state index in [2.05, 4.69) is 31.2 Å². The average Bonchev–Trinajstić information content (AvgIpc) is 3.72. The number of hydrogen-bond donors (Lipinski definition) is 4. The van der Waals surface area contributed by atoms with Crippen LogP contribution in [-0.2, 0) is 22.6 Å². The largest absolute Gasteiger partial charge is 0.492 e. The van der Waals surface area contributed by atoms with Crippen LogP contribution in [0.4, 0.5) is 0 Å². The Balaban J connectivity index is 1.39. The number of carbonyl (C=O) groups is 4. The van der Waals surface area contributed by atoms with Crippen LogP contribution in [0.5, 0.6) is 5.75 Å². The summed E-state index contributed by atoms with van der Waals surface area (Å²) in [6.07, 6.45) is 5.00. The van der Waals surface area contributed by atoms with E-state index in [-0.39, 0.29) is 54.2 Å². The normalized spacial score (nSPS) is 19.2. The van der Waals surface area contributed by atoms with Gasteiger partial charge in [-0.25, -0.2) is 4.98 Å². The summed E-state index contributed by atoms with van der Waals surface area (Å²) < 4.78 is 9.18. The Kier molecular flexibility index (Phi) is 12.5. The third kappa shape index (κ3) is 9.96. The molecule has 0 spiro atoms. The Morgan fingerprint density at radius 2 is 1.82 bits per heavy atom. The Bertz CT molecular complexity index is 1880. The van der Waals surface area contributed by atoms with Crippen LogP contribution in [0.25, 0.3) is 5.65 Å². The highest BCUT2D eigenvalue weighted by Crippen LogP contribution is 2.26. The van der Waals surface area contributed by atoms with E-state index in [1.807, 2.05) is 13.8 Å². The number of rotatable bonds is 4. The minimum atomic E-state index is -1.37. The van der Waals surface area contributed by atoms with Gasteiger partial charge in [0.2, 0.25) is 11.8 Å². The molecule has 4 aromatic rings. The zero-order chi connectivity index (χ0) is 36.7. The summed E-state index contributed by atoms with van der Waals surface area (Å²) in [7, 11) is 0. The Labute approximate surface area is 304 Å². The van der Waals surface area contributed by atoms with Gasteiger partial charge in [0.05, 0.1) is 28.5 Å². The van der Waals surface area contributed by atoms with Crippen LogP contribution in [0.1, 0.15) is 60.2 Å². The van der Waals surface area contributed by atoms with Crippen LogP contribution < -0.4 is 20.7 Å². The van der Waals surface area contributed by atoms with E-state index in [9.17, 15) is 24.3 Å². The first kappa shape index (κ1) is 37.5. The van der Waals surface area contributed by atoms with Crippen LogP contribution in [-0.4, -0.2) is 102 Å². The lowest BCUT2D eigenvalue weighted by Gasteiger charge is -2.26. The fourth-order valence-corrected chi connectivity index (χ4v) is 5.96. The third-order valence-electron chi connectivity index (χ3n) is 8.20. The van der Waals surface area contributed by atoms with Crippen molar-refractivity contribution in [2.45, 2.75) is 64.8 Å². The maximum Gasteiger partial charge on any atom is 0.274 e. The number of halogens is 2. The zero-order valence-corrected chi connectivity index (χ0v) is 30.0. The van der Waals surface area contributed by atoms with Gasteiger partial charge in [-0.1, -0.05) is 42.3 Å². The van der Waals surface area contributed by atoms with Crippen LogP contribution in [0.15, 0.2) is 48.9 Å². The van der Waals surface area contributed by atoms with E-state index in [1.165, 1.54) is 19.1 Å². The molecule has 0 aliphatic carbocycles. The molecular weight excluding hydrogens is 701 g/mol. The molecule has 3 atom stereocenters. The van der Waals surface area contributed by atoms with Gasteiger partial charge in [-0.05, 0) is 49.6 Å². The van der Waals surface area contributed by atoms with E-state index >= 15 is 0 Å². The molecule has 17 heteroatoms. The molecule has 0 saturated heterocycles. The molecule has 15 nitrogen and oxygen atoms in total. The SMILES string of the molecule is CC(C)C[C@H]1NC(=O)[C@H]([C@@H](C)O)NC(=O)c2ccc(c(Cl)c2)OCCCn2cc(nn2)CCN(C(=O)c2cn3cc(Cl)ccc3n2)CCNC1=O. The van der Waals surface area contributed by atoms with Crippen LogP contribution in [0.3, 0.4) is 0 Å². The zero-order valence-electron chi connectivity index (χ0n) is 28.5. The number of hydrogen-bond acceptors (Lipinski definition) is 9. The Morgan fingerprint density at radius 1 is 1.02 bits per heavy atom. The number of aromatic nitrogens is 5. The van der Waals surface area contributed by atoms with Gasteiger partial charge in [0.15, 0.2) is 0 Å². The second-order valence-corrected chi connectivity index (χ2v) is 13.6. The quantitative estimate of drug-likeness (QED) is 0.228. The number of pyridine rings is 1. The van der Waals surface area contributed by atoms with Gasteiger partial charge >= 0.3 is 0 Å². The van der Waals surface area contributed by atoms with Crippen molar-refractivity contribution in [3.05, 3.63) is 75.9 Å². The molecule has 0 unspecified atom stereocenters. The molecule has 2 aliphatic heterocycles. The molecule has 1 aromatic carbocycles. The van der Waals surface area contributed by atoms with Gasteiger partial charge in [0.1, 0.15) is 29.2 Å². The number of aryl methyl sites for hydroxylation is 1. The van der Waals surface area contributed by atoms with Crippen molar-refractivity contribution < 1.29 is 29.0 Å². The van der Waals surface area contributed by atoms with Crippen molar-refractivity contribution in [3.8, 4) is 5.75 Å². The van der Waals surface area contributed by atoms with E-state index in [0.29, 0.717) is 48.1 Å². The number of benzene rings is 1. The molecule has 0 fully saturated rings. The molecule has 2 aliphatic rings. The van der Waals surface area contributed by atoms with Crippen LogP contribution in [0, 0.1) is 5.92 Å². The second-order valence-electron chi connectivity index (χ2n) is 12.8. The Morgan fingerprint density at radius 3 is 2.57 bits per heavy atom. The van der Waals surface area contributed by atoms with Crippen molar-refractivity contribution in [2.75, 3.05) is 26.2 Å². The van der Waals surface area contributed by atoms with Crippen molar-refractivity contribution in [1.82, 2.24) is 45.2 Å². The van der Waals surface area contributed by atoms with Crippen LogP contribution >= 0.6 is 23.2 Å². The minimum absolute atomic E-state index is 0.00500. The summed E-state index contributed by atoms with van der Waals surface area (Å²) in [5, 5.41) is 27.7. The molecule has 6 rings (SSSR count). The van der Waals surface area contributed by atoms with Gasteiger partial charge in [-0.2, -0.15) is 0 Å². The summed E-state index contributed by atoms with van der Waals surface area (Å²) in [4.78, 5) is 59.8. The number of imidazole rings is 1. The van der Waals surface area contributed by atoms with Gasteiger partial charge in [-0.15, -0.1) is 5.10 Å². The lowest BCUT2D eigenvalue weighted by molar-refractivity contribution is -0.131. The molecule has 272 valence electrons. The number of aliphatic hydroxyl groups excluding tert-OH is 1. The smallest absolute Gasteiger partial charge is 0.274 e. The summed E-state index contributed by atoms with van der Waals surface area (Å²) in [5.74, 6) is -1.86. The highest BCUT2D eigenvalue weighted by molar-refractivity contribution is 6.32. The first-order valence-electron chi connectivity index (χ1n) is 16.7. The topological polar surface area (TPSA) is 185 Å². The van der Waals surface area contributed by atoms with Crippen molar-refractivity contribution in [2.24, 2.45) is 5.92 Å². The maximum atomic E-state index is 13.8. The molecule has 5 heterocycles. The molecule has 4 bridgehead atoms. The van der Waals surface area contributed by atoms with Gasteiger partial charge < -0.3 is 35.1 Å². The minimum Gasteiger partial charge on any atom is -0.492 e. The highest BCUT2D eigenvalue weighted by Gasteiger charge is 2.31. The van der Waals surface area contributed by atoms with E-state index in [0.717, 1.165) is 0 Å². The van der Waals surface area contributed by atoms with E-state index in [4.69, 9.17) is 27.9 Å². The molecule has 0 saturated carbocycles. The number of nitrogens with one attached hydrogen (secondary N) is 3. The summed E-state index contributed by atoms with van der Waals surface area (Å²) in [5.41, 5.74) is 1.56. The number of carbonyl (C=O) groups excluding carboxylic acids is 4. The van der Waals surface area contributed by atoms with Crippen molar-refractivity contribution in [1.29, 1.82) is 0 Å². The molecule has 3 aromatic heterocycles. The summed E-state index contributed by atoms with van der Waals surface area (Å²) >= 11 is 12.5. The first-order valence-corrected chi connectivity index (χ1v) is 17.5. The fraction of sp³-hybridized carbons (Fsp3) is 0.441. The molecule has 4 N–H and O–H groups in total. The molecule has 0 radical (unpaired) electrons. The van der Waals surface area contributed by atoms with Gasteiger partial charge in [0, 0.05) is 63.2 Å². The number of fused-ring (bicyclic) bond motifs is 18. The molecular formula is C34H41Cl2N9O6. The second kappa shape index (κ2) is 17.0. The summed E-state index contributed by atoms with van der Waals surface area (Å²) in [6, 6.07) is 5.50. The predicted molar refractivity (Wildman–Crippen MR) is 189 cm³/mol. The predicted octanol–water partition coefficient (Wildman–Crippen LogP) is 2.53. The average molecular weight is 743 g/mol. The van der Waals surface area contributed by atoms with Gasteiger partial charge in [-0.3, -0.25) is 23.9 Å². The number of ether oxygens (including phenoxy) is 1. The van der Waals surface area contributed by atoms with Gasteiger partial charge in [0.25, 0.3) is 11.8 Å². The van der Waals surface area contributed by atoms with Crippen molar-refractivity contribution in [3.63, 3.8) is 0 Å². The number of nitrogens with zero attached hydrogens (tertiary/aromatic N) is 6. The number of amides is 4. The van der Waals surface area contributed by atoms with E-state index < -0.39 is 35.9 Å². The number of aliphatic hydroxyl groups is 1. The Hall–Kier alpha value is -4.73. The lowest BCUT2D eigenvalue weighted by Crippen LogP contribution is -2.57. The van der Waals surface area contributed by atoms with E-state index in [1.54, 1.807) is 50.8 Å².